The summed E-state index contributed by atoms with van der Waals surface area (Å²) in [4.78, 5) is 26.6. The molecule has 3 atom stereocenters. The number of benzene rings is 1. The summed E-state index contributed by atoms with van der Waals surface area (Å²) in [5, 5.41) is 15.2. The van der Waals surface area contributed by atoms with Crippen molar-refractivity contribution in [2.45, 2.75) is 43.9 Å². The van der Waals surface area contributed by atoms with E-state index in [1.54, 1.807) is 43.5 Å². The van der Waals surface area contributed by atoms with Gasteiger partial charge in [-0.2, -0.15) is 0 Å². The Balaban J connectivity index is 1.53. The zero-order chi connectivity index (χ0) is 20.6. The number of urea groups is 1. The van der Waals surface area contributed by atoms with Gasteiger partial charge in [0.2, 0.25) is 5.91 Å². The molecule has 0 aromatic heterocycles. The molecule has 3 N–H and O–H groups in total. The summed E-state index contributed by atoms with van der Waals surface area (Å²) in [5.74, 6) is 0.705. The Kier molecular flexibility index (Phi) is 7.48. The standard InChI is InChI=1S/C21H29N3O5/c1-28-16-7-5-6-15(12-16)22-21(27)23-18-9-8-17(29-19(18)14-25)13-20(26)24-10-3-2-4-11-24/h5-9,12,17-19,25H,2-4,10-11,13-14H2,1H3,(H2,22,23,27)/t17-,18+,19-/m1/s1. The van der Waals surface area contributed by atoms with Crippen molar-refractivity contribution in [1.82, 2.24) is 10.2 Å². The SMILES string of the molecule is COc1cccc(NC(=O)N[C@H]2C=C[C@H](CC(=O)N3CCCCC3)O[C@@H]2CO)c1. The highest BCUT2D eigenvalue weighted by Crippen LogP contribution is 2.19. The van der Waals surface area contributed by atoms with Crippen molar-refractivity contribution in [1.29, 1.82) is 0 Å². The zero-order valence-electron chi connectivity index (χ0n) is 16.7. The van der Waals surface area contributed by atoms with Crippen molar-refractivity contribution in [2.24, 2.45) is 0 Å². The van der Waals surface area contributed by atoms with E-state index in [1.165, 1.54) is 6.42 Å². The van der Waals surface area contributed by atoms with Crippen LogP contribution in [-0.2, 0) is 9.53 Å². The number of methoxy groups -OCH3 is 1. The van der Waals surface area contributed by atoms with E-state index in [0.29, 0.717) is 11.4 Å². The number of aliphatic hydroxyl groups excluding tert-OH is 1. The molecule has 8 nitrogen and oxygen atoms in total. The number of likely N-dealkylation sites (tertiary alicyclic amines) is 1. The fourth-order valence-corrected chi connectivity index (χ4v) is 3.60. The molecule has 2 aliphatic heterocycles. The molecule has 2 heterocycles. The van der Waals surface area contributed by atoms with Gasteiger partial charge in [0.15, 0.2) is 0 Å². The number of amides is 3. The number of hydrogen-bond acceptors (Lipinski definition) is 5. The van der Waals surface area contributed by atoms with Crippen LogP contribution in [-0.4, -0.2) is 67.0 Å². The Morgan fingerprint density at radius 2 is 2.03 bits per heavy atom. The lowest BCUT2D eigenvalue weighted by Gasteiger charge is -2.33. The third-order valence-electron chi connectivity index (χ3n) is 5.17. The number of piperidine rings is 1. The van der Waals surface area contributed by atoms with Crippen LogP contribution in [0.2, 0.25) is 0 Å². The summed E-state index contributed by atoms with van der Waals surface area (Å²) < 4.78 is 11.0. The van der Waals surface area contributed by atoms with Crippen molar-refractivity contribution in [3.05, 3.63) is 36.4 Å². The van der Waals surface area contributed by atoms with Gasteiger partial charge in [0.05, 0.1) is 32.3 Å². The number of anilines is 1. The van der Waals surface area contributed by atoms with Crippen LogP contribution in [0.4, 0.5) is 10.5 Å². The van der Waals surface area contributed by atoms with Crippen LogP contribution in [0.3, 0.4) is 0 Å². The monoisotopic (exact) mass is 403 g/mol. The maximum Gasteiger partial charge on any atom is 0.319 e. The molecule has 1 aromatic carbocycles. The predicted molar refractivity (Wildman–Crippen MR) is 109 cm³/mol. The number of nitrogens with one attached hydrogen (secondary N) is 2. The summed E-state index contributed by atoms with van der Waals surface area (Å²) in [6.07, 6.45) is 6.04. The number of carbonyl (C=O) groups is 2. The Bertz CT molecular complexity index is 733. The van der Waals surface area contributed by atoms with Crippen molar-refractivity contribution in [3.63, 3.8) is 0 Å². The van der Waals surface area contributed by atoms with E-state index in [1.807, 2.05) is 4.90 Å². The smallest absolute Gasteiger partial charge is 0.319 e. The van der Waals surface area contributed by atoms with Gasteiger partial charge >= 0.3 is 6.03 Å². The molecule has 0 radical (unpaired) electrons. The van der Waals surface area contributed by atoms with Crippen LogP contribution in [0.5, 0.6) is 5.75 Å². The number of aliphatic hydroxyl groups is 1. The molecule has 0 spiro atoms. The predicted octanol–water partition coefficient (Wildman–Crippen LogP) is 1.90. The maximum absolute atomic E-state index is 12.4. The van der Waals surface area contributed by atoms with Crippen LogP contribution >= 0.6 is 0 Å². The third kappa shape index (κ3) is 5.95. The number of ether oxygens (including phenoxy) is 2. The molecule has 1 saturated heterocycles. The number of rotatable bonds is 6. The van der Waals surface area contributed by atoms with Gasteiger partial charge in [-0.3, -0.25) is 4.79 Å². The van der Waals surface area contributed by atoms with Gasteiger partial charge in [-0.05, 0) is 31.4 Å². The minimum Gasteiger partial charge on any atom is -0.497 e. The van der Waals surface area contributed by atoms with Gasteiger partial charge in [-0.25, -0.2) is 4.79 Å². The lowest BCUT2D eigenvalue weighted by atomic mass is 10.0. The van der Waals surface area contributed by atoms with Crippen LogP contribution in [0, 0.1) is 0 Å². The first-order chi connectivity index (χ1) is 14.1. The maximum atomic E-state index is 12.4. The molecule has 0 bridgehead atoms. The average molecular weight is 403 g/mol. The molecule has 1 aromatic rings. The van der Waals surface area contributed by atoms with Gasteiger partial charge in [0.25, 0.3) is 0 Å². The molecule has 29 heavy (non-hydrogen) atoms. The molecule has 0 unspecified atom stereocenters. The lowest BCUT2D eigenvalue weighted by Crippen LogP contribution is -2.50. The normalized spacial score (nSPS) is 24.1. The van der Waals surface area contributed by atoms with Gasteiger partial charge in [-0.1, -0.05) is 18.2 Å². The van der Waals surface area contributed by atoms with E-state index >= 15 is 0 Å². The minimum atomic E-state index is -0.616. The van der Waals surface area contributed by atoms with Gasteiger partial charge < -0.3 is 30.1 Å². The first-order valence-corrected chi connectivity index (χ1v) is 10.0. The van der Waals surface area contributed by atoms with Crippen molar-refractivity contribution >= 4 is 17.6 Å². The molecule has 1 fully saturated rings. The Labute approximate surface area is 170 Å². The molecule has 0 aliphatic carbocycles. The fourth-order valence-electron chi connectivity index (χ4n) is 3.60. The molecule has 3 amide bonds. The first-order valence-electron chi connectivity index (χ1n) is 10.0. The Hall–Kier alpha value is -2.58. The Morgan fingerprint density at radius 3 is 2.76 bits per heavy atom. The van der Waals surface area contributed by atoms with E-state index in [-0.39, 0.29) is 18.9 Å². The lowest BCUT2D eigenvalue weighted by molar-refractivity contribution is -0.136. The molecule has 158 valence electrons. The quantitative estimate of drug-likeness (QED) is 0.630. The highest BCUT2D eigenvalue weighted by Gasteiger charge is 2.30. The molecular formula is C21H29N3O5. The molecule has 8 heteroatoms. The second-order valence-electron chi connectivity index (χ2n) is 7.28. The molecular weight excluding hydrogens is 374 g/mol. The van der Waals surface area contributed by atoms with Crippen LogP contribution in [0.15, 0.2) is 36.4 Å². The first kappa shape index (κ1) is 21.1. The summed E-state index contributed by atoms with van der Waals surface area (Å²) in [5.41, 5.74) is 0.591. The molecule has 0 saturated carbocycles. The van der Waals surface area contributed by atoms with Gasteiger partial charge in [0, 0.05) is 24.8 Å². The average Bonchev–Trinajstić information content (AvgIpc) is 2.75. The number of hydrogen-bond donors (Lipinski definition) is 3. The largest absolute Gasteiger partial charge is 0.497 e. The van der Waals surface area contributed by atoms with Crippen molar-refractivity contribution < 1.29 is 24.2 Å². The van der Waals surface area contributed by atoms with Crippen molar-refractivity contribution in [3.8, 4) is 5.75 Å². The highest BCUT2D eigenvalue weighted by atomic mass is 16.5. The van der Waals surface area contributed by atoms with Crippen LogP contribution in [0.1, 0.15) is 25.7 Å². The van der Waals surface area contributed by atoms with Crippen LogP contribution in [0.25, 0.3) is 0 Å². The second-order valence-corrected chi connectivity index (χ2v) is 7.28. The van der Waals surface area contributed by atoms with Crippen molar-refractivity contribution in [2.75, 3.05) is 32.1 Å². The second kappa shape index (κ2) is 10.3. The van der Waals surface area contributed by atoms with Crippen LogP contribution < -0.4 is 15.4 Å². The minimum absolute atomic E-state index is 0.0678. The number of nitrogens with zero attached hydrogens (tertiary/aromatic N) is 1. The summed E-state index contributed by atoms with van der Waals surface area (Å²) in [6, 6.07) is 6.11. The summed E-state index contributed by atoms with van der Waals surface area (Å²) in [7, 11) is 1.56. The van der Waals surface area contributed by atoms with E-state index < -0.39 is 24.3 Å². The Morgan fingerprint density at radius 1 is 1.24 bits per heavy atom. The number of carbonyl (C=O) groups excluding carboxylic acids is 2. The zero-order valence-corrected chi connectivity index (χ0v) is 16.7. The fraction of sp³-hybridized carbons (Fsp3) is 0.524. The van der Waals surface area contributed by atoms with Gasteiger partial charge in [-0.15, -0.1) is 0 Å². The van der Waals surface area contributed by atoms with Gasteiger partial charge in [0.1, 0.15) is 11.9 Å². The summed E-state index contributed by atoms with van der Waals surface area (Å²) >= 11 is 0. The van der Waals surface area contributed by atoms with E-state index in [9.17, 15) is 14.7 Å². The van der Waals surface area contributed by atoms with E-state index in [2.05, 4.69) is 10.6 Å². The highest BCUT2D eigenvalue weighted by molar-refractivity contribution is 5.89. The topological polar surface area (TPSA) is 100 Å². The third-order valence-corrected chi connectivity index (χ3v) is 5.17. The molecule has 3 rings (SSSR count). The summed E-state index contributed by atoms with van der Waals surface area (Å²) in [6.45, 7) is 1.34. The van der Waals surface area contributed by atoms with E-state index in [0.717, 1.165) is 25.9 Å². The van der Waals surface area contributed by atoms with E-state index in [4.69, 9.17) is 9.47 Å². The molecule has 2 aliphatic rings.